The van der Waals surface area contributed by atoms with Crippen LogP contribution in [0.2, 0.25) is 0 Å². The molecule has 14 heavy (non-hydrogen) atoms. The molecular formula is C12H15NO. The maximum absolute atomic E-state index is 12.0. The first kappa shape index (κ1) is 9.44. The van der Waals surface area contributed by atoms with E-state index < -0.39 is 0 Å². The van der Waals surface area contributed by atoms with E-state index in [1.807, 2.05) is 38.1 Å². The Kier molecular flexibility index (Phi) is 1.98. The minimum absolute atomic E-state index is 0.221. The quantitative estimate of drug-likeness (QED) is 0.620. The monoisotopic (exact) mass is 189 g/mol. The highest BCUT2D eigenvalue weighted by atomic mass is 16.5. The number of hydroxylamine groups is 1. The lowest BCUT2D eigenvalue weighted by molar-refractivity contribution is -0.826. The van der Waals surface area contributed by atoms with Crippen molar-refractivity contribution in [3.8, 4) is 0 Å². The predicted octanol–water partition coefficient (Wildman–Crippen LogP) is 1.90. The van der Waals surface area contributed by atoms with Gasteiger partial charge in [-0.25, -0.2) is 0 Å². The number of rotatable bonds is 0. The normalized spacial score (nSPS) is 24.0. The number of nitrogens with one attached hydrogen (secondary N) is 1. The fourth-order valence-electron chi connectivity index (χ4n) is 2.06. The lowest BCUT2D eigenvalue weighted by atomic mass is 9.91. The number of hydrogen-bond donors (Lipinski definition) is 1. The first-order valence-electron chi connectivity index (χ1n) is 4.86. The van der Waals surface area contributed by atoms with Crippen LogP contribution in [0, 0.1) is 5.21 Å². The molecule has 1 atom stereocenters. The molecule has 74 valence electrons. The van der Waals surface area contributed by atoms with Gasteiger partial charge in [-0.15, -0.1) is 0 Å². The van der Waals surface area contributed by atoms with Crippen molar-refractivity contribution >= 4 is 11.3 Å². The molecule has 1 aromatic rings. The maximum atomic E-state index is 12.0. The number of hydrogen-bond acceptors (Lipinski definition) is 1. The van der Waals surface area contributed by atoms with E-state index in [-0.39, 0.29) is 10.6 Å². The molecule has 0 amide bonds. The summed E-state index contributed by atoms with van der Waals surface area (Å²) in [5.41, 5.74) is 2.79. The van der Waals surface area contributed by atoms with Crippen molar-refractivity contribution in [1.82, 2.24) is 0 Å². The van der Waals surface area contributed by atoms with Crippen LogP contribution >= 0.6 is 0 Å². The first-order valence-corrected chi connectivity index (χ1v) is 4.86. The van der Waals surface area contributed by atoms with Crippen LogP contribution in [0.3, 0.4) is 0 Å². The minimum atomic E-state index is -0.349. The van der Waals surface area contributed by atoms with E-state index in [0.29, 0.717) is 0 Å². The van der Waals surface area contributed by atoms with Gasteiger partial charge >= 0.3 is 0 Å². The maximum Gasteiger partial charge on any atom is 0.139 e. The third kappa shape index (κ3) is 1.27. The van der Waals surface area contributed by atoms with Gasteiger partial charge in [-0.1, -0.05) is 12.1 Å². The molecule has 0 aromatic heterocycles. The number of para-hydroxylation sites is 1. The Labute approximate surface area is 84.4 Å². The molecule has 0 fully saturated rings. The lowest BCUT2D eigenvalue weighted by Gasteiger charge is -2.40. The van der Waals surface area contributed by atoms with E-state index in [4.69, 9.17) is 0 Å². The molecule has 0 radical (unpaired) electrons. The zero-order chi connectivity index (χ0) is 10.3. The molecule has 0 saturated carbocycles. The molecule has 1 heterocycles. The average Bonchev–Trinajstić information content (AvgIpc) is 2.14. The van der Waals surface area contributed by atoms with Gasteiger partial charge in [0.05, 0.1) is 0 Å². The van der Waals surface area contributed by atoms with E-state index in [9.17, 15) is 5.21 Å². The molecule has 1 aliphatic rings. The summed E-state index contributed by atoms with van der Waals surface area (Å²) >= 11 is 0. The zero-order valence-electron chi connectivity index (χ0n) is 8.79. The Morgan fingerprint density at radius 3 is 2.57 bits per heavy atom. The van der Waals surface area contributed by atoms with Crippen molar-refractivity contribution in [2.24, 2.45) is 0 Å². The topological polar surface area (TPSA) is 27.5 Å². The third-order valence-electron chi connectivity index (χ3n) is 2.76. The number of benzene rings is 1. The predicted molar refractivity (Wildman–Crippen MR) is 58.2 cm³/mol. The van der Waals surface area contributed by atoms with Gasteiger partial charge in [0.25, 0.3) is 0 Å². The van der Waals surface area contributed by atoms with E-state index in [2.05, 4.69) is 13.0 Å². The van der Waals surface area contributed by atoms with Crippen molar-refractivity contribution in [2.45, 2.75) is 26.3 Å². The smallest absolute Gasteiger partial charge is 0.139 e. The van der Waals surface area contributed by atoms with Crippen LogP contribution in [-0.2, 0) is 0 Å². The van der Waals surface area contributed by atoms with Gasteiger partial charge in [-0.3, -0.25) is 0 Å². The minimum Gasteiger partial charge on any atom is -0.628 e. The van der Waals surface area contributed by atoms with Crippen LogP contribution in [0.5, 0.6) is 0 Å². The van der Waals surface area contributed by atoms with Crippen LogP contribution < -0.4 is 5.06 Å². The van der Waals surface area contributed by atoms with Crippen molar-refractivity contribution in [1.29, 1.82) is 0 Å². The van der Waals surface area contributed by atoms with Gasteiger partial charge in [0.15, 0.2) is 0 Å². The van der Waals surface area contributed by atoms with Crippen LogP contribution in [0.15, 0.2) is 30.3 Å². The number of fused-ring (bicyclic) bond motifs is 1. The molecule has 1 aliphatic heterocycles. The van der Waals surface area contributed by atoms with Crippen molar-refractivity contribution in [2.75, 3.05) is 0 Å². The van der Waals surface area contributed by atoms with Gasteiger partial charge in [-0.2, -0.15) is 0 Å². The van der Waals surface area contributed by atoms with Crippen LogP contribution in [-0.4, -0.2) is 5.54 Å². The standard InChI is InChI=1S/C12H15NO/c1-9-8-12(2,3)13(14)11-7-5-4-6-10(9)11/h4-8,13H,1-3H3. The van der Waals surface area contributed by atoms with E-state index in [1.54, 1.807) is 0 Å². The Morgan fingerprint density at radius 1 is 1.21 bits per heavy atom. The molecule has 1 N–H and O–H groups in total. The lowest BCUT2D eigenvalue weighted by Crippen LogP contribution is -3.11. The van der Waals surface area contributed by atoms with E-state index >= 15 is 0 Å². The van der Waals surface area contributed by atoms with E-state index in [0.717, 1.165) is 11.3 Å². The summed E-state index contributed by atoms with van der Waals surface area (Å²) in [6.07, 6.45) is 2.05. The molecule has 0 bridgehead atoms. The van der Waals surface area contributed by atoms with Crippen molar-refractivity contribution < 1.29 is 5.06 Å². The number of allylic oxidation sites excluding steroid dienone is 1. The molecule has 2 rings (SSSR count). The molecule has 2 heteroatoms. The average molecular weight is 189 g/mol. The SMILES string of the molecule is CC1=CC(C)(C)[NH+]([O-])c2ccccc21. The van der Waals surface area contributed by atoms with Gasteiger partial charge in [0.1, 0.15) is 11.2 Å². The summed E-state index contributed by atoms with van der Waals surface area (Å²) in [6, 6.07) is 7.82. The van der Waals surface area contributed by atoms with Gasteiger partial charge in [-0.05, 0) is 38.5 Å². The van der Waals surface area contributed by atoms with Crippen molar-refractivity contribution in [3.05, 3.63) is 41.1 Å². The molecule has 2 nitrogen and oxygen atoms in total. The molecular weight excluding hydrogens is 174 g/mol. The summed E-state index contributed by atoms with van der Waals surface area (Å²) in [5, 5.41) is 12.3. The Balaban J connectivity index is 2.63. The van der Waals surface area contributed by atoms with Gasteiger partial charge < -0.3 is 10.3 Å². The fourth-order valence-corrected chi connectivity index (χ4v) is 2.06. The molecule has 0 aliphatic carbocycles. The summed E-state index contributed by atoms with van der Waals surface area (Å²) < 4.78 is 0. The highest BCUT2D eigenvalue weighted by Gasteiger charge is 2.30. The van der Waals surface area contributed by atoms with Gasteiger partial charge in [0, 0.05) is 11.6 Å². The van der Waals surface area contributed by atoms with Crippen LogP contribution in [0.1, 0.15) is 26.3 Å². The second kappa shape index (κ2) is 2.94. The second-order valence-electron chi connectivity index (χ2n) is 4.42. The van der Waals surface area contributed by atoms with Crippen molar-refractivity contribution in [3.63, 3.8) is 0 Å². The number of quaternary nitrogens is 1. The van der Waals surface area contributed by atoms with Crippen LogP contribution in [0.4, 0.5) is 5.69 Å². The molecule has 1 unspecified atom stereocenters. The molecule has 1 aromatic carbocycles. The summed E-state index contributed by atoms with van der Waals surface area (Å²) in [7, 11) is 0. The summed E-state index contributed by atoms with van der Waals surface area (Å²) in [4.78, 5) is 0. The summed E-state index contributed by atoms with van der Waals surface area (Å²) in [5.74, 6) is 0. The Morgan fingerprint density at radius 2 is 1.86 bits per heavy atom. The molecule has 0 spiro atoms. The largest absolute Gasteiger partial charge is 0.628 e. The summed E-state index contributed by atoms with van der Waals surface area (Å²) in [6.45, 7) is 6.00. The second-order valence-corrected chi connectivity index (χ2v) is 4.42. The van der Waals surface area contributed by atoms with E-state index in [1.165, 1.54) is 5.57 Å². The highest BCUT2D eigenvalue weighted by molar-refractivity contribution is 5.73. The Hall–Kier alpha value is -1.12. The third-order valence-corrected chi connectivity index (χ3v) is 2.76. The zero-order valence-corrected chi connectivity index (χ0v) is 8.79. The fraction of sp³-hybridized carbons (Fsp3) is 0.333. The first-order chi connectivity index (χ1) is 6.52. The Bertz CT molecular complexity index is 393. The highest BCUT2D eigenvalue weighted by Crippen LogP contribution is 2.27. The van der Waals surface area contributed by atoms with Gasteiger partial charge in [0.2, 0.25) is 0 Å². The van der Waals surface area contributed by atoms with Crippen LogP contribution in [0.25, 0.3) is 5.57 Å². The molecule has 0 saturated heterocycles.